The molecule has 0 aliphatic carbocycles. The molecule has 0 fully saturated rings. The van der Waals surface area contributed by atoms with Crippen LogP contribution in [0.2, 0.25) is 10.0 Å². The zero-order chi connectivity index (χ0) is 24.1. The van der Waals surface area contributed by atoms with E-state index in [4.69, 9.17) is 28.9 Å². The lowest BCUT2D eigenvalue weighted by Gasteiger charge is -2.15. The zero-order valence-electron chi connectivity index (χ0n) is 18.1. The molecule has 1 aliphatic heterocycles. The number of H-pyrrole nitrogens is 1. The summed E-state index contributed by atoms with van der Waals surface area (Å²) in [5, 5.41) is 12.4. The van der Waals surface area contributed by atoms with Crippen LogP contribution in [-0.4, -0.2) is 39.7 Å². The minimum absolute atomic E-state index is 0.133. The maximum Gasteiger partial charge on any atom is 0.252 e. The number of rotatable bonds is 4. The Labute approximate surface area is 208 Å². The molecule has 4 aromatic heterocycles. The van der Waals surface area contributed by atoms with E-state index in [-0.39, 0.29) is 11.6 Å². The molecule has 1 atom stereocenters. The molecule has 10 nitrogen and oxygen atoms in total. The highest BCUT2D eigenvalue weighted by Gasteiger charge is 2.28. The van der Waals surface area contributed by atoms with Gasteiger partial charge in [0.05, 0.1) is 28.6 Å². The number of nitrogen functional groups attached to an aromatic ring is 1. The van der Waals surface area contributed by atoms with Gasteiger partial charge in [0.1, 0.15) is 18.0 Å². The Bertz CT molecular complexity index is 1620. The molecule has 35 heavy (non-hydrogen) atoms. The van der Waals surface area contributed by atoms with Gasteiger partial charge in [-0.1, -0.05) is 23.2 Å². The summed E-state index contributed by atoms with van der Waals surface area (Å²) in [7, 11) is 0. The van der Waals surface area contributed by atoms with Gasteiger partial charge in [0.25, 0.3) is 5.56 Å². The number of aryl methyl sites for hydroxylation is 1. The van der Waals surface area contributed by atoms with Gasteiger partial charge in [0.15, 0.2) is 0 Å². The number of aromatic amines is 1. The Hall–Kier alpha value is -4.02. The summed E-state index contributed by atoms with van der Waals surface area (Å²) in [5.41, 5.74) is 10.2. The molecule has 5 aromatic rings. The SMILES string of the molecule is Nc1cc(-c2cnc([C@@H]3CCc4cc(-c5cc(Cl)ccc5-n5cnnn5)cc(=O)n43)[nH]2)c(Cl)cn1. The van der Waals surface area contributed by atoms with Crippen LogP contribution >= 0.6 is 23.2 Å². The van der Waals surface area contributed by atoms with Gasteiger partial charge in [0, 0.05) is 34.1 Å². The maximum atomic E-state index is 13.3. The molecule has 12 heteroatoms. The first kappa shape index (κ1) is 21.5. The monoisotopic (exact) mass is 505 g/mol. The molecule has 1 aromatic carbocycles. The van der Waals surface area contributed by atoms with Crippen LogP contribution in [0.25, 0.3) is 28.1 Å². The van der Waals surface area contributed by atoms with E-state index in [2.05, 4.69) is 30.5 Å². The van der Waals surface area contributed by atoms with Crippen molar-refractivity contribution in [3.8, 4) is 28.1 Å². The number of aromatic nitrogens is 8. The first-order valence-corrected chi connectivity index (χ1v) is 11.5. The predicted octanol–water partition coefficient (Wildman–Crippen LogP) is 3.70. The summed E-state index contributed by atoms with van der Waals surface area (Å²) in [6, 6.07) is 10.5. The molecule has 5 heterocycles. The molecule has 1 aliphatic rings. The van der Waals surface area contributed by atoms with Crippen molar-refractivity contribution in [1.82, 2.24) is 39.7 Å². The number of nitrogens with one attached hydrogen (secondary N) is 1. The number of nitrogens with two attached hydrogens (primary N) is 1. The Kier molecular flexibility index (Phi) is 5.12. The normalized spacial score (nSPS) is 14.9. The van der Waals surface area contributed by atoms with Gasteiger partial charge in [0.2, 0.25) is 0 Å². The van der Waals surface area contributed by atoms with Crippen molar-refractivity contribution in [2.45, 2.75) is 18.9 Å². The van der Waals surface area contributed by atoms with Crippen LogP contribution in [0.15, 0.2) is 59.9 Å². The fourth-order valence-electron chi connectivity index (χ4n) is 4.52. The van der Waals surface area contributed by atoms with Crippen LogP contribution < -0.4 is 11.3 Å². The minimum Gasteiger partial charge on any atom is -0.384 e. The van der Waals surface area contributed by atoms with Crippen molar-refractivity contribution in [3.05, 3.63) is 87.0 Å². The fourth-order valence-corrected chi connectivity index (χ4v) is 4.90. The topological polar surface area (TPSA) is 133 Å². The maximum absolute atomic E-state index is 13.3. The molecule has 174 valence electrons. The standard InChI is InChI=1S/C23H17Cl2N9O/c24-13-1-3-19(33-11-29-31-32-33)15(7-13)12-5-14-2-4-20(34(14)22(35)6-12)23-28-10-18(30-23)16-8-21(26)27-9-17(16)25/h1,3,5-11,20H,2,4H2,(H2,26,27)(H,28,30)/t20-/m0/s1. The molecule has 0 radical (unpaired) electrons. The summed E-state index contributed by atoms with van der Waals surface area (Å²) in [4.78, 5) is 25.2. The molecule has 0 bridgehead atoms. The van der Waals surface area contributed by atoms with Crippen LogP contribution in [0, 0.1) is 0 Å². The lowest BCUT2D eigenvalue weighted by Crippen LogP contribution is -2.23. The van der Waals surface area contributed by atoms with Crippen LogP contribution in [0.5, 0.6) is 0 Å². The van der Waals surface area contributed by atoms with Crippen LogP contribution in [-0.2, 0) is 6.42 Å². The fraction of sp³-hybridized carbons (Fsp3) is 0.130. The van der Waals surface area contributed by atoms with Gasteiger partial charge in [-0.05, 0) is 59.2 Å². The number of benzene rings is 1. The lowest BCUT2D eigenvalue weighted by molar-refractivity contribution is 0.572. The van der Waals surface area contributed by atoms with E-state index in [1.807, 2.05) is 12.1 Å². The smallest absolute Gasteiger partial charge is 0.252 e. The van der Waals surface area contributed by atoms with Crippen LogP contribution in [0.4, 0.5) is 5.82 Å². The van der Waals surface area contributed by atoms with E-state index in [9.17, 15) is 4.79 Å². The molecule has 3 N–H and O–H groups in total. The predicted molar refractivity (Wildman–Crippen MR) is 132 cm³/mol. The number of anilines is 1. The quantitative estimate of drug-likeness (QED) is 0.380. The van der Waals surface area contributed by atoms with Crippen molar-refractivity contribution >= 4 is 29.0 Å². The molecule has 0 unspecified atom stereocenters. The van der Waals surface area contributed by atoms with Gasteiger partial charge < -0.3 is 15.3 Å². The highest BCUT2D eigenvalue weighted by atomic mass is 35.5. The summed E-state index contributed by atoms with van der Waals surface area (Å²) < 4.78 is 3.32. The van der Waals surface area contributed by atoms with Crippen molar-refractivity contribution < 1.29 is 0 Å². The van der Waals surface area contributed by atoms with Gasteiger partial charge in [-0.2, -0.15) is 4.68 Å². The Morgan fingerprint density at radius 1 is 1.06 bits per heavy atom. The number of hydrogen-bond acceptors (Lipinski definition) is 7. The summed E-state index contributed by atoms with van der Waals surface area (Å²) in [5.74, 6) is 1.04. The summed E-state index contributed by atoms with van der Waals surface area (Å²) >= 11 is 12.6. The van der Waals surface area contributed by atoms with Gasteiger partial charge in [-0.15, -0.1) is 5.10 Å². The molecule has 0 amide bonds. The Morgan fingerprint density at radius 2 is 1.94 bits per heavy atom. The molecule has 0 spiro atoms. The first-order valence-electron chi connectivity index (χ1n) is 10.7. The third-order valence-corrected chi connectivity index (χ3v) is 6.61. The van der Waals surface area contributed by atoms with E-state index in [0.29, 0.717) is 39.4 Å². The van der Waals surface area contributed by atoms with E-state index in [1.165, 1.54) is 12.5 Å². The van der Waals surface area contributed by atoms with Gasteiger partial charge >= 0.3 is 0 Å². The summed E-state index contributed by atoms with van der Waals surface area (Å²) in [6.07, 6.45) is 6.14. The first-order chi connectivity index (χ1) is 17.0. The second-order valence-corrected chi connectivity index (χ2v) is 9.03. The number of fused-ring (bicyclic) bond motifs is 1. The lowest BCUT2D eigenvalue weighted by atomic mass is 10.0. The Morgan fingerprint density at radius 3 is 2.77 bits per heavy atom. The van der Waals surface area contributed by atoms with Crippen molar-refractivity contribution in [2.24, 2.45) is 0 Å². The van der Waals surface area contributed by atoms with E-state index in [0.717, 1.165) is 28.9 Å². The van der Waals surface area contributed by atoms with Gasteiger partial charge in [-0.3, -0.25) is 4.79 Å². The third kappa shape index (κ3) is 3.76. The number of imidazole rings is 1. The second kappa shape index (κ2) is 8.33. The average molecular weight is 506 g/mol. The molecule has 0 saturated carbocycles. The number of hydrogen-bond donors (Lipinski definition) is 2. The number of tetrazole rings is 1. The van der Waals surface area contributed by atoms with Gasteiger partial charge in [-0.25, -0.2) is 9.97 Å². The average Bonchev–Trinajstić information content (AvgIpc) is 3.61. The molecular weight excluding hydrogens is 489 g/mol. The molecule has 6 rings (SSSR count). The molecule has 0 saturated heterocycles. The van der Waals surface area contributed by atoms with E-state index < -0.39 is 0 Å². The largest absolute Gasteiger partial charge is 0.384 e. The van der Waals surface area contributed by atoms with Crippen molar-refractivity contribution in [2.75, 3.05) is 5.73 Å². The van der Waals surface area contributed by atoms with Crippen molar-refractivity contribution in [3.63, 3.8) is 0 Å². The number of nitrogens with zero attached hydrogens (tertiary/aromatic N) is 7. The van der Waals surface area contributed by atoms with E-state index in [1.54, 1.807) is 39.7 Å². The van der Waals surface area contributed by atoms with Crippen molar-refractivity contribution in [1.29, 1.82) is 0 Å². The Balaban J connectivity index is 1.40. The summed E-state index contributed by atoms with van der Waals surface area (Å²) in [6.45, 7) is 0. The number of halogens is 2. The number of pyridine rings is 2. The highest BCUT2D eigenvalue weighted by Crippen LogP contribution is 2.35. The van der Waals surface area contributed by atoms with Crippen LogP contribution in [0.1, 0.15) is 24.0 Å². The minimum atomic E-state index is -0.225. The van der Waals surface area contributed by atoms with E-state index >= 15 is 0 Å². The van der Waals surface area contributed by atoms with Crippen LogP contribution in [0.3, 0.4) is 0 Å². The second-order valence-electron chi connectivity index (χ2n) is 8.19. The third-order valence-electron chi connectivity index (χ3n) is 6.08. The zero-order valence-corrected chi connectivity index (χ0v) is 19.6. The highest BCUT2D eigenvalue weighted by molar-refractivity contribution is 6.33. The molecular formula is C23H17Cl2N9O.